The summed E-state index contributed by atoms with van der Waals surface area (Å²) in [4.78, 5) is 22.0. The van der Waals surface area contributed by atoms with E-state index >= 15 is 0 Å². The minimum atomic E-state index is 0.0761. The van der Waals surface area contributed by atoms with Gasteiger partial charge in [0.25, 0.3) is 0 Å². The molecule has 144 valence electrons. The number of piperazine rings is 1. The van der Waals surface area contributed by atoms with Crippen molar-refractivity contribution < 1.29 is 9.32 Å². The average Bonchev–Trinajstić information content (AvgIpc) is 3.44. The second kappa shape index (κ2) is 8.39. The van der Waals surface area contributed by atoms with Gasteiger partial charge in [-0.05, 0) is 41.8 Å². The molecule has 1 amide bonds. The van der Waals surface area contributed by atoms with E-state index in [1.807, 2.05) is 47.5 Å². The first-order valence-electron chi connectivity index (χ1n) is 9.41. The monoisotopic (exact) mass is 394 g/mol. The lowest BCUT2D eigenvalue weighted by molar-refractivity contribution is -0.126. The number of carbonyl (C=O) groups is 1. The largest absolute Gasteiger partial charge is 0.368 e. The van der Waals surface area contributed by atoms with Crippen molar-refractivity contribution in [2.75, 3.05) is 31.1 Å². The van der Waals surface area contributed by atoms with Crippen LogP contribution in [0.2, 0.25) is 0 Å². The van der Waals surface area contributed by atoms with Gasteiger partial charge in [-0.2, -0.15) is 4.98 Å². The lowest BCUT2D eigenvalue weighted by Gasteiger charge is -2.35. The van der Waals surface area contributed by atoms with E-state index in [4.69, 9.17) is 4.52 Å². The first-order chi connectivity index (χ1) is 13.7. The van der Waals surface area contributed by atoms with Crippen molar-refractivity contribution in [3.63, 3.8) is 0 Å². The molecular weight excluding hydrogens is 372 g/mol. The number of aryl methyl sites for hydroxylation is 1. The zero-order valence-corrected chi connectivity index (χ0v) is 16.6. The molecule has 3 heterocycles. The maximum Gasteiger partial charge on any atom is 0.246 e. The van der Waals surface area contributed by atoms with E-state index in [-0.39, 0.29) is 5.91 Å². The summed E-state index contributed by atoms with van der Waals surface area (Å²) < 4.78 is 5.18. The Morgan fingerprint density at radius 1 is 1.18 bits per heavy atom. The highest BCUT2D eigenvalue weighted by atomic mass is 32.1. The SMILES string of the molecule is CCc1nc(-c2ccc(N3CCN(C(=O)/C=C/c4cccs4)CC3)cc2)no1. The van der Waals surface area contributed by atoms with Crippen molar-refractivity contribution in [3.05, 3.63) is 58.6 Å². The topological polar surface area (TPSA) is 62.5 Å². The molecule has 0 unspecified atom stereocenters. The molecule has 3 aromatic rings. The van der Waals surface area contributed by atoms with Gasteiger partial charge in [0.2, 0.25) is 17.6 Å². The third kappa shape index (κ3) is 4.14. The van der Waals surface area contributed by atoms with E-state index in [1.165, 1.54) is 0 Å². The lowest BCUT2D eigenvalue weighted by atomic mass is 10.1. The maximum absolute atomic E-state index is 12.4. The van der Waals surface area contributed by atoms with Crippen molar-refractivity contribution in [2.45, 2.75) is 13.3 Å². The predicted octanol–water partition coefficient (Wildman–Crippen LogP) is 3.72. The van der Waals surface area contributed by atoms with Crippen molar-refractivity contribution in [3.8, 4) is 11.4 Å². The molecule has 1 saturated heterocycles. The minimum absolute atomic E-state index is 0.0761. The third-order valence-corrected chi connectivity index (χ3v) is 5.62. The van der Waals surface area contributed by atoms with Gasteiger partial charge in [-0.1, -0.05) is 18.1 Å². The van der Waals surface area contributed by atoms with Gasteiger partial charge in [-0.15, -0.1) is 11.3 Å². The summed E-state index contributed by atoms with van der Waals surface area (Å²) >= 11 is 1.63. The van der Waals surface area contributed by atoms with Gasteiger partial charge in [0.1, 0.15) is 0 Å². The molecule has 0 bridgehead atoms. The van der Waals surface area contributed by atoms with Gasteiger partial charge in [-0.25, -0.2) is 0 Å². The van der Waals surface area contributed by atoms with Gasteiger partial charge < -0.3 is 14.3 Å². The molecule has 0 aliphatic carbocycles. The number of hydrogen-bond donors (Lipinski definition) is 0. The number of hydrogen-bond acceptors (Lipinski definition) is 6. The molecule has 2 aromatic heterocycles. The Morgan fingerprint density at radius 2 is 1.96 bits per heavy atom. The fourth-order valence-corrected chi connectivity index (χ4v) is 3.79. The summed E-state index contributed by atoms with van der Waals surface area (Å²) in [5.41, 5.74) is 2.09. The Morgan fingerprint density at radius 3 is 2.61 bits per heavy atom. The first-order valence-corrected chi connectivity index (χ1v) is 10.3. The van der Waals surface area contributed by atoms with E-state index < -0.39 is 0 Å². The highest BCUT2D eigenvalue weighted by Crippen LogP contribution is 2.22. The standard InChI is InChI=1S/C21H22N4O2S/c1-2-19-22-21(23-27-19)16-5-7-17(8-6-16)24-11-13-25(14-12-24)20(26)10-9-18-4-3-15-28-18/h3-10,15H,2,11-14H2,1H3/b10-9+. The molecule has 0 N–H and O–H groups in total. The van der Waals surface area contributed by atoms with E-state index in [0.29, 0.717) is 11.7 Å². The summed E-state index contributed by atoms with van der Waals surface area (Å²) in [6.45, 7) is 5.07. The molecule has 7 heteroatoms. The molecule has 0 saturated carbocycles. The van der Waals surface area contributed by atoms with Crippen LogP contribution < -0.4 is 4.90 Å². The maximum atomic E-state index is 12.4. The number of rotatable bonds is 5. The smallest absolute Gasteiger partial charge is 0.246 e. The van der Waals surface area contributed by atoms with Crippen LogP contribution in [-0.4, -0.2) is 47.1 Å². The molecular formula is C21H22N4O2S. The molecule has 1 fully saturated rings. The Bertz CT molecular complexity index is 939. The minimum Gasteiger partial charge on any atom is -0.368 e. The number of thiophene rings is 1. The van der Waals surface area contributed by atoms with Crippen molar-refractivity contribution in [1.82, 2.24) is 15.0 Å². The van der Waals surface area contributed by atoms with Crippen LogP contribution >= 0.6 is 11.3 Å². The summed E-state index contributed by atoms with van der Waals surface area (Å²) in [6.07, 6.45) is 4.29. The molecule has 6 nitrogen and oxygen atoms in total. The van der Waals surface area contributed by atoms with Crippen LogP contribution in [0.4, 0.5) is 5.69 Å². The normalized spacial score (nSPS) is 14.8. The van der Waals surface area contributed by atoms with Crippen LogP contribution in [0.15, 0.2) is 52.4 Å². The fourth-order valence-electron chi connectivity index (χ4n) is 3.17. The number of aromatic nitrogens is 2. The lowest BCUT2D eigenvalue weighted by Crippen LogP contribution is -2.48. The summed E-state index contributed by atoms with van der Waals surface area (Å²) in [7, 11) is 0. The number of amides is 1. The fraction of sp³-hybridized carbons (Fsp3) is 0.286. The summed E-state index contributed by atoms with van der Waals surface area (Å²) in [5, 5.41) is 6.02. The van der Waals surface area contributed by atoms with Gasteiger partial charge >= 0.3 is 0 Å². The predicted molar refractivity (Wildman–Crippen MR) is 111 cm³/mol. The third-order valence-electron chi connectivity index (χ3n) is 4.79. The Labute approximate surface area is 168 Å². The van der Waals surface area contributed by atoms with E-state index in [9.17, 15) is 4.79 Å². The molecule has 0 spiro atoms. The second-order valence-corrected chi connectivity index (χ2v) is 7.55. The van der Waals surface area contributed by atoms with Crippen LogP contribution in [0.5, 0.6) is 0 Å². The molecule has 1 aliphatic heterocycles. The molecule has 0 radical (unpaired) electrons. The summed E-state index contributed by atoms with van der Waals surface area (Å²) in [6, 6.07) is 12.2. The number of benzene rings is 1. The van der Waals surface area contributed by atoms with Crippen molar-refractivity contribution >= 4 is 29.0 Å². The number of anilines is 1. The summed E-state index contributed by atoms with van der Waals surface area (Å²) in [5.74, 6) is 1.34. The van der Waals surface area contributed by atoms with E-state index in [2.05, 4.69) is 27.2 Å². The van der Waals surface area contributed by atoms with Crippen molar-refractivity contribution in [2.24, 2.45) is 0 Å². The van der Waals surface area contributed by atoms with Gasteiger partial charge in [0.05, 0.1) is 0 Å². The molecule has 1 aliphatic rings. The van der Waals surface area contributed by atoms with E-state index in [0.717, 1.165) is 48.7 Å². The Hall–Kier alpha value is -2.93. The van der Waals surface area contributed by atoms with Crippen LogP contribution in [-0.2, 0) is 11.2 Å². The molecule has 1 aromatic carbocycles. The molecule has 4 rings (SSSR count). The average molecular weight is 395 g/mol. The highest BCUT2D eigenvalue weighted by Gasteiger charge is 2.20. The second-order valence-electron chi connectivity index (χ2n) is 6.57. The molecule has 28 heavy (non-hydrogen) atoms. The molecule has 0 atom stereocenters. The quantitative estimate of drug-likeness (QED) is 0.617. The highest BCUT2D eigenvalue weighted by molar-refractivity contribution is 7.10. The van der Waals surface area contributed by atoms with Crippen LogP contribution in [0.25, 0.3) is 17.5 Å². The Kier molecular flexibility index (Phi) is 5.53. The van der Waals surface area contributed by atoms with Gasteiger partial charge in [0.15, 0.2) is 0 Å². The van der Waals surface area contributed by atoms with Crippen LogP contribution in [0, 0.1) is 0 Å². The van der Waals surface area contributed by atoms with Crippen molar-refractivity contribution in [1.29, 1.82) is 0 Å². The number of carbonyl (C=O) groups excluding carboxylic acids is 1. The Balaban J connectivity index is 1.34. The zero-order valence-electron chi connectivity index (χ0n) is 15.7. The van der Waals surface area contributed by atoms with Gasteiger partial charge in [0, 0.05) is 54.8 Å². The first kappa shape index (κ1) is 18.4. The van der Waals surface area contributed by atoms with E-state index in [1.54, 1.807) is 17.4 Å². The van der Waals surface area contributed by atoms with Crippen LogP contribution in [0.1, 0.15) is 17.7 Å². The zero-order chi connectivity index (χ0) is 19.3. The van der Waals surface area contributed by atoms with Gasteiger partial charge in [-0.3, -0.25) is 4.79 Å². The number of nitrogens with zero attached hydrogens (tertiary/aromatic N) is 4. The van der Waals surface area contributed by atoms with Crippen LogP contribution in [0.3, 0.4) is 0 Å².